The minimum Gasteiger partial charge on any atom is -0.367 e. The zero-order chi connectivity index (χ0) is 20.8. The number of carbonyl (C=O) groups excluding carboxylic acids is 2. The maximum Gasteiger partial charge on any atom is 0.319 e. The van der Waals surface area contributed by atoms with Crippen molar-refractivity contribution in [1.29, 1.82) is 0 Å². The second-order valence-electron chi connectivity index (χ2n) is 7.45. The lowest BCUT2D eigenvalue weighted by Gasteiger charge is -2.38. The molecule has 0 aliphatic carbocycles. The normalized spacial score (nSPS) is 15.2. The van der Waals surface area contributed by atoms with E-state index in [1.54, 1.807) is 12.1 Å². The number of amides is 3. The first-order valence-electron chi connectivity index (χ1n) is 9.86. The molecular formula is C22H27ClN4O2. The zero-order valence-electron chi connectivity index (χ0n) is 16.8. The first kappa shape index (κ1) is 21.0. The third-order valence-electron chi connectivity index (χ3n) is 5.04. The lowest BCUT2D eigenvalue weighted by Crippen LogP contribution is -2.57. The Morgan fingerprint density at radius 1 is 0.931 bits per heavy atom. The molecule has 1 fully saturated rings. The summed E-state index contributed by atoms with van der Waals surface area (Å²) in [6, 6.07) is 16.0. The van der Waals surface area contributed by atoms with E-state index in [4.69, 9.17) is 11.6 Å². The summed E-state index contributed by atoms with van der Waals surface area (Å²) in [5, 5.41) is 6.33. The maximum atomic E-state index is 13.1. The van der Waals surface area contributed by atoms with Gasteiger partial charge in [0.05, 0.1) is 10.7 Å². The van der Waals surface area contributed by atoms with E-state index in [0.29, 0.717) is 36.9 Å². The summed E-state index contributed by atoms with van der Waals surface area (Å²) in [7, 11) is 0. The van der Waals surface area contributed by atoms with Crippen LogP contribution in [0.3, 0.4) is 0 Å². The first-order chi connectivity index (χ1) is 14.0. The molecule has 0 radical (unpaired) electrons. The van der Waals surface area contributed by atoms with E-state index in [1.807, 2.05) is 61.2 Å². The van der Waals surface area contributed by atoms with Gasteiger partial charge >= 0.3 is 6.03 Å². The van der Waals surface area contributed by atoms with Crippen molar-refractivity contribution in [1.82, 2.24) is 10.2 Å². The number of para-hydroxylation sites is 2. The number of hydrogen-bond acceptors (Lipinski definition) is 3. The average molecular weight is 415 g/mol. The highest BCUT2D eigenvalue weighted by molar-refractivity contribution is 6.33. The number of anilines is 2. The van der Waals surface area contributed by atoms with E-state index < -0.39 is 6.04 Å². The molecule has 1 saturated heterocycles. The molecule has 1 aliphatic heterocycles. The van der Waals surface area contributed by atoms with Crippen LogP contribution in [0, 0.1) is 5.92 Å². The van der Waals surface area contributed by atoms with E-state index in [1.165, 1.54) is 0 Å². The molecule has 0 aromatic heterocycles. The fourth-order valence-electron chi connectivity index (χ4n) is 3.42. The lowest BCUT2D eigenvalue weighted by atomic mass is 10.0. The predicted octanol–water partition coefficient (Wildman–Crippen LogP) is 3.83. The van der Waals surface area contributed by atoms with Gasteiger partial charge in [-0.1, -0.05) is 55.8 Å². The number of nitrogens with zero attached hydrogens (tertiary/aromatic N) is 2. The fraction of sp³-hybridized carbons (Fsp3) is 0.364. The van der Waals surface area contributed by atoms with Crippen LogP contribution >= 0.6 is 11.6 Å². The molecule has 1 atom stereocenters. The van der Waals surface area contributed by atoms with Gasteiger partial charge in [-0.05, 0) is 30.2 Å². The molecule has 3 amide bonds. The van der Waals surface area contributed by atoms with Gasteiger partial charge < -0.3 is 20.4 Å². The molecule has 154 valence electrons. The number of benzene rings is 2. The Balaban J connectivity index is 1.58. The summed E-state index contributed by atoms with van der Waals surface area (Å²) >= 11 is 6.30. The summed E-state index contributed by atoms with van der Waals surface area (Å²) in [5.74, 6) is -0.0763. The highest BCUT2D eigenvalue weighted by atomic mass is 35.5. The molecule has 2 aromatic carbocycles. The number of halogens is 1. The number of carbonyl (C=O) groups is 2. The van der Waals surface area contributed by atoms with Gasteiger partial charge in [0.25, 0.3) is 0 Å². The maximum absolute atomic E-state index is 13.1. The Morgan fingerprint density at radius 3 is 2.17 bits per heavy atom. The summed E-state index contributed by atoms with van der Waals surface area (Å²) < 4.78 is 0. The van der Waals surface area contributed by atoms with E-state index in [2.05, 4.69) is 15.5 Å². The van der Waals surface area contributed by atoms with Crippen molar-refractivity contribution >= 4 is 34.9 Å². The second-order valence-corrected chi connectivity index (χ2v) is 7.86. The minimum absolute atomic E-state index is 0.0226. The molecule has 0 unspecified atom stereocenters. The van der Waals surface area contributed by atoms with E-state index in [0.717, 1.165) is 5.69 Å². The average Bonchev–Trinajstić information content (AvgIpc) is 2.72. The summed E-state index contributed by atoms with van der Waals surface area (Å²) in [4.78, 5) is 29.5. The topological polar surface area (TPSA) is 64.7 Å². The smallest absolute Gasteiger partial charge is 0.319 e. The van der Waals surface area contributed by atoms with Crippen LogP contribution in [0.15, 0.2) is 54.6 Å². The van der Waals surface area contributed by atoms with Crippen molar-refractivity contribution in [2.75, 3.05) is 36.4 Å². The first-order valence-corrected chi connectivity index (χ1v) is 10.2. The number of nitrogens with one attached hydrogen (secondary N) is 2. The van der Waals surface area contributed by atoms with Gasteiger partial charge in [-0.3, -0.25) is 4.79 Å². The van der Waals surface area contributed by atoms with Crippen LogP contribution in [0.5, 0.6) is 0 Å². The predicted molar refractivity (Wildman–Crippen MR) is 117 cm³/mol. The molecule has 2 N–H and O–H groups in total. The number of urea groups is 1. The van der Waals surface area contributed by atoms with Crippen molar-refractivity contribution < 1.29 is 9.59 Å². The van der Waals surface area contributed by atoms with Crippen LogP contribution in [0.25, 0.3) is 0 Å². The fourth-order valence-corrected chi connectivity index (χ4v) is 3.67. The lowest BCUT2D eigenvalue weighted by molar-refractivity contribution is -0.134. The molecule has 0 spiro atoms. The third-order valence-corrected chi connectivity index (χ3v) is 5.36. The van der Waals surface area contributed by atoms with E-state index in [-0.39, 0.29) is 17.9 Å². The van der Waals surface area contributed by atoms with Crippen LogP contribution in [-0.4, -0.2) is 49.1 Å². The second kappa shape index (κ2) is 9.65. The van der Waals surface area contributed by atoms with Crippen molar-refractivity contribution in [3.05, 3.63) is 59.6 Å². The van der Waals surface area contributed by atoms with Gasteiger partial charge in [0.2, 0.25) is 5.91 Å². The van der Waals surface area contributed by atoms with Crippen molar-refractivity contribution in [3.63, 3.8) is 0 Å². The minimum atomic E-state index is -0.578. The zero-order valence-corrected chi connectivity index (χ0v) is 17.5. The Kier molecular flexibility index (Phi) is 6.99. The number of rotatable bonds is 5. The highest BCUT2D eigenvalue weighted by Crippen LogP contribution is 2.26. The van der Waals surface area contributed by atoms with Gasteiger partial charge in [-0.15, -0.1) is 0 Å². The molecule has 1 aliphatic rings. The third kappa shape index (κ3) is 5.41. The van der Waals surface area contributed by atoms with Crippen molar-refractivity contribution in [3.8, 4) is 0 Å². The SMILES string of the molecule is CC(C)[C@H](NC(=O)Nc1ccccc1)C(=O)N1CCN(c2ccccc2Cl)CC1. The molecular weight excluding hydrogens is 388 g/mol. The molecule has 0 bridgehead atoms. The van der Waals surface area contributed by atoms with Gasteiger partial charge in [0.1, 0.15) is 6.04 Å². The van der Waals surface area contributed by atoms with Crippen LogP contribution in [0.4, 0.5) is 16.2 Å². The Bertz CT molecular complexity index is 836. The van der Waals surface area contributed by atoms with E-state index in [9.17, 15) is 9.59 Å². The summed E-state index contributed by atoms with van der Waals surface area (Å²) in [6.07, 6.45) is 0. The van der Waals surface area contributed by atoms with Crippen molar-refractivity contribution in [2.45, 2.75) is 19.9 Å². The monoisotopic (exact) mass is 414 g/mol. The van der Waals surface area contributed by atoms with Crippen LogP contribution in [-0.2, 0) is 4.79 Å². The standard InChI is InChI=1S/C22H27ClN4O2/c1-16(2)20(25-22(29)24-17-8-4-3-5-9-17)21(28)27-14-12-26(13-15-27)19-11-7-6-10-18(19)23/h3-11,16,20H,12-15H2,1-2H3,(H2,24,25,29)/t20-/m0/s1. The van der Waals surface area contributed by atoms with Crippen LogP contribution < -0.4 is 15.5 Å². The largest absolute Gasteiger partial charge is 0.367 e. The van der Waals surface area contributed by atoms with Crippen LogP contribution in [0.2, 0.25) is 5.02 Å². The Morgan fingerprint density at radius 2 is 1.55 bits per heavy atom. The highest BCUT2D eigenvalue weighted by Gasteiger charge is 2.31. The Hall–Kier alpha value is -2.73. The van der Waals surface area contributed by atoms with Crippen molar-refractivity contribution in [2.24, 2.45) is 5.92 Å². The van der Waals surface area contributed by atoms with Gasteiger partial charge in [-0.25, -0.2) is 4.79 Å². The molecule has 2 aromatic rings. The molecule has 1 heterocycles. The Labute approximate surface area is 176 Å². The molecule has 3 rings (SSSR count). The molecule has 6 nitrogen and oxygen atoms in total. The quantitative estimate of drug-likeness (QED) is 0.781. The number of piperazine rings is 1. The van der Waals surface area contributed by atoms with Gasteiger partial charge in [-0.2, -0.15) is 0 Å². The van der Waals surface area contributed by atoms with Crippen LogP contribution in [0.1, 0.15) is 13.8 Å². The molecule has 29 heavy (non-hydrogen) atoms. The molecule has 0 saturated carbocycles. The van der Waals surface area contributed by atoms with Gasteiger partial charge in [0.15, 0.2) is 0 Å². The number of hydrogen-bond donors (Lipinski definition) is 2. The van der Waals surface area contributed by atoms with Gasteiger partial charge in [0, 0.05) is 31.9 Å². The van der Waals surface area contributed by atoms with E-state index >= 15 is 0 Å². The molecule has 7 heteroatoms. The summed E-state index contributed by atoms with van der Waals surface area (Å²) in [5.41, 5.74) is 1.68. The summed E-state index contributed by atoms with van der Waals surface area (Å²) in [6.45, 7) is 6.47.